The van der Waals surface area contributed by atoms with Crippen molar-refractivity contribution in [2.24, 2.45) is 11.7 Å². The standard InChI is InChI=1S/C16H19N3O/c17-10-12-5-3-7-14(12)19-16(20)15-9-8-11-4-1-2-6-13(11)18-15/h1-2,4,6,8-9,12,14H,3,5,7,10,17H2,(H,19,20). The number of benzene rings is 1. The van der Waals surface area contributed by atoms with E-state index in [0.717, 1.165) is 30.2 Å². The second-order valence-electron chi connectivity index (χ2n) is 5.40. The molecule has 3 rings (SSSR count). The molecule has 3 N–H and O–H groups in total. The summed E-state index contributed by atoms with van der Waals surface area (Å²) in [4.78, 5) is 16.7. The van der Waals surface area contributed by atoms with Gasteiger partial charge in [0.25, 0.3) is 5.91 Å². The first-order chi connectivity index (χ1) is 9.78. The highest BCUT2D eigenvalue weighted by Gasteiger charge is 2.27. The van der Waals surface area contributed by atoms with Crippen molar-refractivity contribution in [3.8, 4) is 0 Å². The monoisotopic (exact) mass is 269 g/mol. The summed E-state index contributed by atoms with van der Waals surface area (Å²) in [6.45, 7) is 0.635. The molecule has 104 valence electrons. The molecule has 1 amide bonds. The van der Waals surface area contributed by atoms with Crippen LogP contribution in [0.2, 0.25) is 0 Å². The summed E-state index contributed by atoms with van der Waals surface area (Å²) in [7, 11) is 0. The van der Waals surface area contributed by atoms with Crippen LogP contribution in [-0.2, 0) is 0 Å². The topological polar surface area (TPSA) is 68.0 Å². The second kappa shape index (κ2) is 5.59. The molecule has 2 aromatic rings. The molecule has 1 aromatic heterocycles. The van der Waals surface area contributed by atoms with E-state index < -0.39 is 0 Å². The van der Waals surface area contributed by atoms with Gasteiger partial charge < -0.3 is 11.1 Å². The Kier molecular flexibility index (Phi) is 3.65. The van der Waals surface area contributed by atoms with E-state index in [1.165, 1.54) is 0 Å². The number of hydrogen-bond acceptors (Lipinski definition) is 3. The van der Waals surface area contributed by atoms with Gasteiger partial charge in [0.2, 0.25) is 0 Å². The lowest BCUT2D eigenvalue weighted by atomic mass is 10.0. The summed E-state index contributed by atoms with van der Waals surface area (Å²) in [5.41, 5.74) is 7.07. The normalized spacial score (nSPS) is 22.1. The third-order valence-corrected chi connectivity index (χ3v) is 4.11. The molecular formula is C16H19N3O. The van der Waals surface area contributed by atoms with Crippen LogP contribution < -0.4 is 11.1 Å². The Morgan fingerprint density at radius 1 is 1.25 bits per heavy atom. The number of nitrogens with two attached hydrogens (primary N) is 1. The summed E-state index contributed by atoms with van der Waals surface area (Å²) in [5, 5.41) is 4.13. The number of carbonyl (C=O) groups is 1. The summed E-state index contributed by atoms with van der Waals surface area (Å²) in [6.07, 6.45) is 3.26. The molecule has 0 aliphatic heterocycles. The zero-order chi connectivity index (χ0) is 13.9. The number of fused-ring (bicyclic) bond motifs is 1. The molecular weight excluding hydrogens is 250 g/mol. The van der Waals surface area contributed by atoms with Crippen LogP contribution in [0.5, 0.6) is 0 Å². The van der Waals surface area contributed by atoms with Gasteiger partial charge in [0.15, 0.2) is 0 Å². The fourth-order valence-corrected chi connectivity index (χ4v) is 2.94. The molecule has 20 heavy (non-hydrogen) atoms. The predicted molar refractivity (Wildman–Crippen MR) is 79.4 cm³/mol. The quantitative estimate of drug-likeness (QED) is 0.896. The lowest BCUT2D eigenvalue weighted by Crippen LogP contribution is -2.40. The van der Waals surface area contributed by atoms with E-state index in [-0.39, 0.29) is 11.9 Å². The minimum absolute atomic E-state index is 0.0962. The van der Waals surface area contributed by atoms with E-state index in [4.69, 9.17) is 5.73 Å². The van der Waals surface area contributed by atoms with E-state index in [1.807, 2.05) is 30.3 Å². The molecule has 1 saturated carbocycles. The smallest absolute Gasteiger partial charge is 0.270 e. The third-order valence-electron chi connectivity index (χ3n) is 4.11. The van der Waals surface area contributed by atoms with Gasteiger partial charge in [-0.2, -0.15) is 0 Å². The fourth-order valence-electron chi connectivity index (χ4n) is 2.94. The Hall–Kier alpha value is -1.94. The van der Waals surface area contributed by atoms with Crippen molar-refractivity contribution in [3.05, 3.63) is 42.1 Å². The molecule has 0 bridgehead atoms. The summed E-state index contributed by atoms with van der Waals surface area (Å²) >= 11 is 0. The SMILES string of the molecule is NCC1CCCC1NC(=O)c1ccc2ccccc2n1. The largest absolute Gasteiger partial charge is 0.348 e. The first kappa shape index (κ1) is 13.1. The first-order valence-corrected chi connectivity index (χ1v) is 7.14. The van der Waals surface area contributed by atoms with E-state index in [1.54, 1.807) is 6.07 Å². The Bertz CT molecular complexity index is 626. The molecule has 1 aromatic carbocycles. The zero-order valence-electron chi connectivity index (χ0n) is 11.4. The average Bonchev–Trinajstić information content (AvgIpc) is 2.94. The van der Waals surface area contributed by atoms with Crippen molar-refractivity contribution in [2.75, 3.05) is 6.54 Å². The minimum atomic E-state index is -0.0962. The van der Waals surface area contributed by atoms with Gasteiger partial charge in [-0.25, -0.2) is 4.98 Å². The molecule has 2 atom stereocenters. The van der Waals surface area contributed by atoms with Crippen LogP contribution in [0.3, 0.4) is 0 Å². The maximum absolute atomic E-state index is 12.3. The zero-order valence-corrected chi connectivity index (χ0v) is 11.4. The van der Waals surface area contributed by atoms with E-state index >= 15 is 0 Å². The molecule has 0 radical (unpaired) electrons. The van der Waals surface area contributed by atoms with Crippen LogP contribution >= 0.6 is 0 Å². The highest BCUT2D eigenvalue weighted by atomic mass is 16.1. The van der Waals surface area contributed by atoms with Gasteiger partial charge in [0.05, 0.1) is 5.52 Å². The number of nitrogens with one attached hydrogen (secondary N) is 1. The molecule has 0 spiro atoms. The minimum Gasteiger partial charge on any atom is -0.348 e. The number of carbonyl (C=O) groups excluding carboxylic acids is 1. The van der Waals surface area contributed by atoms with E-state index in [9.17, 15) is 4.79 Å². The Morgan fingerprint density at radius 3 is 2.95 bits per heavy atom. The van der Waals surface area contributed by atoms with Gasteiger partial charge in [-0.3, -0.25) is 4.79 Å². The number of amides is 1. The molecule has 1 aliphatic rings. The molecule has 4 heteroatoms. The number of nitrogens with zero attached hydrogens (tertiary/aromatic N) is 1. The van der Waals surface area contributed by atoms with Gasteiger partial charge in [-0.1, -0.05) is 30.7 Å². The van der Waals surface area contributed by atoms with Gasteiger partial charge >= 0.3 is 0 Å². The summed E-state index contributed by atoms with van der Waals surface area (Å²) in [5.74, 6) is 0.306. The highest BCUT2D eigenvalue weighted by molar-refractivity contribution is 5.95. The molecule has 1 fully saturated rings. The van der Waals surface area contributed by atoms with Gasteiger partial charge in [0, 0.05) is 11.4 Å². The van der Waals surface area contributed by atoms with Gasteiger partial charge in [-0.15, -0.1) is 0 Å². The van der Waals surface area contributed by atoms with E-state index in [0.29, 0.717) is 18.2 Å². The second-order valence-corrected chi connectivity index (χ2v) is 5.40. The number of rotatable bonds is 3. The van der Waals surface area contributed by atoms with Crippen molar-refractivity contribution < 1.29 is 4.79 Å². The average molecular weight is 269 g/mol. The molecule has 1 aliphatic carbocycles. The van der Waals surface area contributed by atoms with Crippen LogP contribution in [-0.4, -0.2) is 23.5 Å². The number of para-hydroxylation sites is 1. The summed E-state index contributed by atoms with van der Waals surface area (Å²) < 4.78 is 0. The molecule has 0 saturated heterocycles. The van der Waals surface area contributed by atoms with Crippen molar-refractivity contribution in [3.63, 3.8) is 0 Å². The first-order valence-electron chi connectivity index (χ1n) is 7.14. The van der Waals surface area contributed by atoms with E-state index in [2.05, 4.69) is 10.3 Å². The third kappa shape index (κ3) is 2.51. The lowest BCUT2D eigenvalue weighted by Gasteiger charge is -2.19. The Balaban J connectivity index is 1.78. The van der Waals surface area contributed by atoms with Gasteiger partial charge in [-0.05, 0) is 37.4 Å². The number of pyridine rings is 1. The summed E-state index contributed by atoms with van der Waals surface area (Å²) in [6, 6.07) is 11.7. The van der Waals surface area contributed by atoms with Crippen LogP contribution in [0.15, 0.2) is 36.4 Å². The molecule has 1 heterocycles. The number of hydrogen-bond donors (Lipinski definition) is 2. The van der Waals surface area contributed by atoms with Crippen molar-refractivity contribution in [1.29, 1.82) is 0 Å². The maximum atomic E-state index is 12.3. The lowest BCUT2D eigenvalue weighted by molar-refractivity contribution is 0.0924. The highest BCUT2D eigenvalue weighted by Crippen LogP contribution is 2.24. The van der Waals surface area contributed by atoms with Crippen molar-refractivity contribution in [1.82, 2.24) is 10.3 Å². The van der Waals surface area contributed by atoms with Crippen molar-refractivity contribution >= 4 is 16.8 Å². The predicted octanol–water partition coefficient (Wildman–Crippen LogP) is 2.09. The van der Waals surface area contributed by atoms with Crippen LogP contribution in [0, 0.1) is 5.92 Å². The van der Waals surface area contributed by atoms with Crippen LogP contribution in [0.4, 0.5) is 0 Å². The Morgan fingerprint density at radius 2 is 2.10 bits per heavy atom. The molecule has 2 unspecified atom stereocenters. The van der Waals surface area contributed by atoms with Gasteiger partial charge in [0.1, 0.15) is 5.69 Å². The maximum Gasteiger partial charge on any atom is 0.270 e. The molecule has 4 nitrogen and oxygen atoms in total. The van der Waals surface area contributed by atoms with Crippen molar-refractivity contribution in [2.45, 2.75) is 25.3 Å². The van der Waals surface area contributed by atoms with Crippen LogP contribution in [0.1, 0.15) is 29.8 Å². The van der Waals surface area contributed by atoms with Crippen LogP contribution in [0.25, 0.3) is 10.9 Å². The fraction of sp³-hybridized carbons (Fsp3) is 0.375. The number of aromatic nitrogens is 1. The Labute approximate surface area is 118 Å².